The second-order valence-electron chi connectivity index (χ2n) is 18.0. The van der Waals surface area contributed by atoms with Gasteiger partial charge in [0.15, 0.2) is 0 Å². The van der Waals surface area contributed by atoms with Gasteiger partial charge in [0.1, 0.15) is 6.10 Å². The summed E-state index contributed by atoms with van der Waals surface area (Å²) >= 11 is 0. The van der Waals surface area contributed by atoms with Crippen LogP contribution in [0, 0.1) is 0 Å². The van der Waals surface area contributed by atoms with Crippen molar-refractivity contribution in [3.63, 3.8) is 0 Å². The molecule has 3 atom stereocenters. The van der Waals surface area contributed by atoms with Crippen LogP contribution in [0.5, 0.6) is 0 Å². The summed E-state index contributed by atoms with van der Waals surface area (Å²) in [6.07, 6.45) is 58.9. The number of hydrogen-bond acceptors (Lipinski definition) is 5. The van der Waals surface area contributed by atoms with Gasteiger partial charge in [-0.25, -0.2) is 0 Å². The van der Waals surface area contributed by atoms with Crippen molar-refractivity contribution in [3.05, 3.63) is 48.6 Å². The summed E-state index contributed by atoms with van der Waals surface area (Å²) in [6.45, 7) is 6.35. The molecule has 1 amide bonds. The number of aliphatic hydroxyl groups is 2. The molecular weight excluding hydrogens is 755 g/mol. The Hall–Kier alpha value is -2.18. The van der Waals surface area contributed by atoms with Crippen molar-refractivity contribution in [3.8, 4) is 0 Å². The molecule has 0 aliphatic carbocycles. The highest BCUT2D eigenvalue weighted by Crippen LogP contribution is 2.18. The molecule has 0 radical (unpaired) electrons. The molecule has 0 aromatic rings. The van der Waals surface area contributed by atoms with Crippen molar-refractivity contribution < 1.29 is 24.5 Å². The van der Waals surface area contributed by atoms with Crippen LogP contribution in [-0.2, 0) is 14.3 Å². The topological polar surface area (TPSA) is 95.9 Å². The van der Waals surface area contributed by atoms with Crippen LogP contribution >= 0.6 is 0 Å². The molecule has 0 fully saturated rings. The molecule has 0 aliphatic rings. The number of amides is 1. The molecular formula is C55H101NO5. The third kappa shape index (κ3) is 44.2. The molecule has 0 bridgehead atoms. The minimum Gasteiger partial charge on any atom is -0.462 e. The van der Waals surface area contributed by atoms with E-state index >= 15 is 0 Å². The van der Waals surface area contributed by atoms with Crippen LogP contribution in [0.3, 0.4) is 0 Å². The third-order valence-electron chi connectivity index (χ3n) is 12.0. The Morgan fingerprint density at radius 3 is 1.34 bits per heavy atom. The zero-order valence-corrected chi connectivity index (χ0v) is 40.5. The van der Waals surface area contributed by atoms with E-state index in [4.69, 9.17) is 4.74 Å². The van der Waals surface area contributed by atoms with Crippen molar-refractivity contribution in [2.45, 2.75) is 283 Å². The fourth-order valence-corrected chi connectivity index (χ4v) is 8.03. The van der Waals surface area contributed by atoms with Crippen molar-refractivity contribution in [2.24, 2.45) is 0 Å². The van der Waals surface area contributed by atoms with Gasteiger partial charge in [-0.2, -0.15) is 0 Å². The van der Waals surface area contributed by atoms with E-state index in [2.05, 4.69) is 50.4 Å². The molecule has 61 heavy (non-hydrogen) atoms. The second kappa shape index (κ2) is 48.8. The van der Waals surface area contributed by atoms with Crippen molar-refractivity contribution in [1.82, 2.24) is 5.32 Å². The summed E-state index contributed by atoms with van der Waals surface area (Å²) in [6, 6.07) is -0.713. The van der Waals surface area contributed by atoms with Gasteiger partial charge in [0.05, 0.1) is 25.2 Å². The Morgan fingerprint density at radius 1 is 0.492 bits per heavy atom. The van der Waals surface area contributed by atoms with Crippen LogP contribution in [0.4, 0.5) is 0 Å². The fourth-order valence-electron chi connectivity index (χ4n) is 8.03. The number of rotatable bonds is 47. The van der Waals surface area contributed by atoms with Crippen LogP contribution in [0.25, 0.3) is 0 Å². The van der Waals surface area contributed by atoms with E-state index in [1.54, 1.807) is 0 Å². The minimum absolute atomic E-state index is 0.0538. The minimum atomic E-state index is -0.797. The molecule has 0 spiro atoms. The number of nitrogens with one attached hydrogen (secondary N) is 1. The standard InChI is InChI=1S/C55H101NO5/c1-4-7-10-13-16-19-22-25-26-27-30-32-35-38-41-44-47-53(58)52(50-57)56-54(59)49-51(46-43-40-37-34-31-28-23-20-17-14-11-8-5-2)61-55(60)48-45-42-39-36-33-29-24-21-18-15-12-9-6-3/h8,11,14,17,20,23,28,31,51-53,57-58H,4-7,9-10,12-13,15-16,18-19,21-22,24-27,29-30,32-50H2,1-3H3,(H,56,59)/b11-8+,17-14+,23-20+,31-28-. The lowest BCUT2D eigenvalue weighted by Crippen LogP contribution is -2.46. The first kappa shape index (κ1) is 58.8. The smallest absolute Gasteiger partial charge is 0.306 e. The number of unbranched alkanes of at least 4 members (excludes halogenated alkanes) is 30. The Balaban J connectivity index is 4.56. The van der Waals surface area contributed by atoms with E-state index < -0.39 is 18.2 Å². The molecule has 0 rings (SSSR count). The van der Waals surface area contributed by atoms with Crippen LogP contribution in [-0.4, -0.2) is 46.9 Å². The predicted octanol–water partition coefficient (Wildman–Crippen LogP) is 15.8. The highest BCUT2D eigenvalue weighted by Gasteiger charge is 2.24. The molecule has 6 nitrogen and oxygen atoms in total. The number of carbonyl (C=O) groups is 2. The number of aliphatic hydroxyl groups excluding tert-OH is 2. The lowest BCUT2D eigenvalue weighted by Gasteiger charge is -2.24. The maximum Gasteiger partial charge on any atom is 0.306 e. The number of carbonyl (C=O) groups excluding carboxylic acids is 2. The summed E-state index contributed by atoms with van der Waals surface area (Å²) in [7, 11) is 0. The Labute approximate surface area is 378 Å². The average molecular weight is 856 g/mol. The molecule has 0 saturated heterocycles. The van der Waals surface area contributed by atoms with Gasteiger partial charge in [-0.05, 0) is 44.9 Å². The first-order valence-corrected chi connectivity index (χ1v) is 26.4. The molecule has 356 valence electrons. The first-order chi connectivity index (χ1) is 30.0. The molecule has 0 aromatic carbocycles. The van der Waals surface area contributed by atoms with E-state index in [-0.39, 0.29) is 24.9 Å². The van der Waals surface area contributed by atoms with Gasteiger partial charge in [0, 0.05) is 6.42 Å². The van der Waals surface area contributed by atoms with Crippen molar-refractivity contribution in [1.29, 1.82) is 0 Å². The Bertz CT molecular complexity index is 1050. The first-order valence-electron chi connectivity index (χ1n) is 26.4. The monoisotopic (exact) mass is 856 g/mol. The highest BCUT2D eigenvalue weighted by atomic mass is 16.5. The van der Waals surface area contributed by atoms with Gasteiger partial charge in [-0.15, -0.1) is 0 Å². The summed E-state index contributed by atoms with van der Waals surface area (Å²) in [4.78, 5) is 26.1. The fraction of sp³-hybridized carbons (Fsp3) is 0.818. The number of esters is 1. The lowest BCUT2D eigenvalue weighted by molar-refractivity contribution is -0.151. The average Bonchev–Trinajstić information content (AvgIpc) is 3.25. The normalized spacial score (nSPS) is 13.6. The maximum atomic E-state index is 13.2. The number of allylic oxidation sites excluding steroid dienone is 8. The Kier molecular flexibility index (Phi) is 47.1. The zero-order chi connectivity index (χ0) is 44.5. The van der Waals surface area contributed by atoms with Gasteiger partial charge in [0.25, 0.3) is 0 Å². The van der Waals surface area contributed by atoms with E-state index in [0.29, 0.717) is 19.3 Å². The van der Waals surface area contributed by atoms with Gasteiger partial charge in [-0.1, -0.05) is 256 Å². The molecule has 0 aromatic heterocycles. The number of hydrogen-bond donors (Lipinski definition) is 3. The van der Waals surface area contributed by atoms with E-state index in [9.17, 15) is 19.8 Å². The molecule has 3 N–H and O–H groups in total. The molecule has 0 saturated carbocycles. The lowest BCUT2D eigenvalue weighted by atomic mass is 10.0. The van der Waals surface area contributed by atoms with Crippen LogP contribution in [0.15, 0.2) is 48.6 Å². The summed E-state index contributed by atoms with van der Waals surface area (Å²) in [5, 5.41) is 23.8. The van der Waals surface area contributed by atoms with Gasteiger partial charge < -0.3 is 20.3 Å². The maximum absolute atomic E-state index is 13.2. The Morgan fingerprint density at radius 2 is 0.885 bits per heavy atom. The van der Waals surface area contributed by atoms with Gasteiger partial charge >= 0.3 is 5.97 Å². The molecule has 6 heteroatoms. The SMILES string of the molecule is CC/C=C/C=C/C=C/C=C\CCCCCC(CC(=O)NC(CO)C(O)CCCCCCCCCCCCCCCCCC)OC(=O)CCCCCCCCCCCCCCC. The van der Waals surface area contributed by atoms with Crippen LogP contribution in [0.2, 0.25) is 0 Å². The van der Waals surface area contributed by atoms with E-state index in [0.717, 1.165) is 70.6 Å². The predicted molar refractivity (Wildman–Crippen MR) is 264 cm³/mol. The summed E-state index contributed by atoms with van der Waals surface area (Å²) < 4.78 is 5.92. The van der Waals surface area contributed by atoms with E-state index in [1.165, 1.54) is 148 Å². The largest absolute Gasteiger partial charge is 0.462 e. The van der Waals surface area contributed by atoms with E-state index in [1.807, 2.05) is 24.3 Å². The molecule has 3 unspecified atom stereocenters. The summed E-state index contributed by atoms with van der Waals surface area (Å²) in [5.74, 6) is -0.505. The second-order valence-corrected chi connectivity index (χ2v) is 18.0. The zero-order valence-electron chi connectivity index (χ0n) is 40.5. The van der Waals surface area contributed by atoms with Crippen LogP contribution in [0.1, 0.15) is 265 Å². The highest BCUT2D eigenvalue weighted by molar-refractivity contribution is 5.77. The summed E-state index contributed by atoms with van der Waals surface area (Å²) in [5.41, 5.74) is 0. The van der Waals surface area contributed by atoms with Gasteiger partial charge in [-0.3, -0.25) is 9.59 Å². The van der Waals surface area contributed by atoms with Crippen LogP contribution < -0.4 is 5.32 Å². The quantitative estimate of drug-likeness (QED) is 0.0322. The molecule has 0 aliphatic heterocycles. The van der Waals surface area contributed by atoms with Crippen molar-refractivity contribution in [2.75, 3.05) is 6.61 Å². The van der Waals surface area contributed by atoms with Crippen molar-refractivity contribution >= 4 is 11.9 Å². The third-order valence-corrected chi connectivity index (χ3v) is 12.0. The number of ether oxygens (including phenoxy) is 1. The van der Waals surface area contributed by atoms with Gasteiger partial charge in [0.2, 0.25) is 5.91 Å². The molecule has 0 heterocycles.